The number of benzene rings is 2. The Balaban J connectivity index is 3.40. The average molecular weight is 533 g/mol. The van der Waals surface area contributed by atoms with E-state index in [4.69, 9.17) is 0 Å². The molecule has 0 aliphatic heterocycles. The highest BCUT2D eigenvalue weighted by Gasteiger charge is 2.39. The van der Waals surface area contributed by atoms with E-state index >= 15 is 0 Å². The molecule has 0 spiro atoms. The van der Waals surface area contributed by atoms with Crippen LogP contribution in [-0.2, 0) is 32.5 Å². The first-order chi connectivity index (χ1) is 17.1. The summed E-state index contributed by atoms with van der Waals surface area (Å²) in [6, 6.07) is 9.88. The van der Waals surface area contributed by atoms with Gasteiger partial charge in [-0.1, -0.05) is 156 Å². The lowest BCUT2D eigenvalue weighted by Crippen LogP contribution is -2.32. The molecule has 0 amide bonds. The van der Waals surface area contributed by atoms with Gasteiger partial charge < -0.3 is 0 Å². The minimum Gasteiger partial charge on any atom is -0.0645 e. The van der Waals surface area contributed by atoms with E-state index < -0.39 is 0 Å². The standard InChI is InChI=1S/C39H64/c1-20-25(30-26(34(2,3)4)21-23-28(36(8,9)10)32(30)38(14,15)16)31-27(35(5,6)7)22-24-29(37(11,12)13)33(31)39(17,18)19/h21-25H,20H2,1-19H3. The Morgan fingerprint density at radius 3 is 0.795 bits per heavy atom. The highest BCUT2D eigenvalue weighted by atomic mass is 14.4. The van der Waals surface area contributed by atoms with Crippen LogP contribution in [0.3, 0.4) is 0 Å². The van der Waals surface area contributed by atoms with Crippen molar-refractivity contribution < 1.29 is 0 Å². The van der Waals surface area contributed by atoms with E-state index in [1.54, 1.807) is 22.3 Å². The maximum absolute atomic E-state index is 2.48. The summed E-state index contributed by atoms with van der Waals surface area (Å²) in [4.78, 5) is 0. The van der Waals surface area contributed by atoms with E-state index in [0.717, 1.165) is 6.42 Å². The molecule has 0 unspecified atom stereocenters. The second-order valence-corrected chi connectivity index (χ2v) is 18.4. The number of hydrogen-bond donors (Lipinski definition) is 0. The molecule has 0 bridgehead atoms. The van der Waals surface area contributed by atoms with E-state index in [2.05, 4.69) is 156 Å². The van der Waals surface area contributed by atoms with Gasteiger partial charge in [0.1, 0.15) is 0 Å². The van der Waals surface area contributed by atoms with Crippen LogP contribution in [0.25, 0.3) is 0 Å². The summed E-state index contributed by atoms with van der Waals surface area (Å²) < 4.78 is 0. The van der Waals surface area contributed by atoms with Crippen LogP contribution in [0, 0.1) is 0 Å². The molecule has 0 heterocycles. The molecule has 39 heavy (non-hydrogen) atoms. The van der Waals surface area contributed by atoms with Crippen molar-refractivity contribution in [2.45, 2.75) is 176 Å². The van der Waals surface area contributed by atoms with Crippen molar-refractivity contribution in [3.8, 4) is 0 Å². The summed E-state index contributed by atoms with van der Waals surface area (Å²) in [7, 11) is 0. The first-order valence-corrected chi connectivity index (χ1v) is 15.5. The smallest absolute Gasteiger partial charge is 0.00986 e. The van der Waals surface area contributed by atoms with Crippen LogP contribution in [0.2, 0.25) is 0 Å². The van der Waals surface area contributed by atoms with Crippen LogP contribution >= 0.6 is 0 Å². The minimum absolute atomic E-state index is 0.0258. The lowest BCUT2D eigenvalue weighted by atomic mass is 9.62. The molecule has 2 rings (SSSR count). The SMILES string of the molecule is CCC(c1c(C(C)(C)C)ccc(C(C)(C)C)c1C(C)(C)C)c1c(C(C)(C)C)ccc(C(C)(C)C)c1C(C)(C)C. The van der Waals surface area contributed by atoms with E-state index in [1.165, 1.54) is 22.3 Å². The first kappa shape index (κ1) is 33.6. The van der Waals surface area contributed by atoms with E-state index in [0.29, 0.717) is 5.92 Å². The normalized spacial score (nSPS) is 14.4. The highest BCUT2D eigenvalue weighted by Crippen LogP contribution is 2.51. The van der Waals surface area contributed by atoms with Gasteiger partial charge in [0.15, 0.2) is 0 Å². The summed E-state index contributed by atoms with van der Waals surface area (Å²) in [5.74, 6) is 0.321. The zero-order valence-electron chi connectivity index (χ0n) is 29.6. The summed E-state index contributed by atoms with van der Waals surface area (Å²) in [5.41, 5.74) is 12.6. The molecular weight excluding hydrogens is 468 g/mol. The molecular formula is C39H64. The summed E-state index contributed by atoms with van der Waals surface area (Å²) in [6.07, 6.45) is 1.08. The molecule has 0 saturated carbocycles. The maximum atomic E-state index is 2.48. The van der Waals surface area contributed by atoms with Gasteiger partial charge in [-0.05, 0) is 83.4 Å². The predicted octanol–water partition coefficient (Wildman–Crippen LogP) is 12.0. The van der Waals surface area contributed by atoms with Crippen molar-refractivity contribution in [1.82, 2.24) is 0 Å². The third-order valence-electron chi connectivity index (χ3n) is 8.33. The number of hydrogen-bond acceptors (Lipinski definition) is 0. The molecule has 0 nitrogen and oxygen atoms in total. The molecule has 0 N–H and O–H groups in total. The fourth-order valence-electron chi connectivity index (χ4n) is 6.69. The molecule has 2 aromatic carbocycles. The molecule has 2 aromatic rings. The average Bonchev–Trinajstić information content (AvgIpc) is 2.69. The zero-order chi connectivity index (χ0) is 30.7. The minimum atomic E-state index is 0.0258. The third-order valence-corrected chi connectivity index (χ3v) is 8.33. The molecule has 0 heteroatoms. The summed E-state index contributed by atoms with van der Waals surface area (Å²) in [5, 5.41) is 0. The van der Waals surface area contributed by atoms with Crippen LogP contribution in [0.5, 0.6) is 0 Å². The molecule has 0 fully saturated rings. The van der Waals surface area contributed by atoms with E-state index in [9.17, 15) is 0 Å². The quantitative estimate of drug-likeness (QED) is 0.369. The van der Waals surface area contributed by atoms with E-state index in [1.807, 2.05) is 0 Å². The van der Waals surface area contributed by atoms with Crippen LogP contribution < -0.4 is 0 Å². The fourth-order valence-corrected chi connectivity index (χ4v) is 6.69. The van der Waals surface area contributed by atoms with Gasteiger partial charge in [-0.15, -0.1) is 0 Å². The highest BCUT2D eigenvalue weighted by molar-refractivity contribution is 5.59. The van der Waals surface area contributed by atoms with Gasteiger partial charge in [0.05, 0.1) is 0 Å². The van der Waals surface area contributed by atoms with Crippen LogP contribution in [0.4, 0.5) is 0 Å². The monoisotopic (exact) mass is 533 g/mol. The molecule has 0 saturated heterocycles. The fraction of sp³-hybridized carbons (Fsp3) is 0.692. The van der Waals surface area contributed by atoms with Gasteiger partial charge in [0.25, 0.3) is 0 Å². The lowest BCUT2D eigenvalue weighted by molar-refractivity contribution is 0.491. The van der Waals surface area contributed by atoms with Gasteiger partial charge in [0.2, 0.25) is 0 Å². The van der Waals surface area contributed by atoms with Crippen molar-refractivity contribution in [2.75, 3.05) is 0 Å². The second-order valence-electron chi connectivity index (χ2n) is 18.4. The Kier molecular flexibility index (Phi) is 8.94. The Bertz CT molecular complexity index is 1070. The largest absolute Gasteiger partial charge is 0.0645 e. The maximum Gasteiger partial charge on any atom is 0.00986 e. The van der Waals surface area contributed by atoms with Crippen LogP contribution in [0.15, 0.2) is 24.3 Å². The molecule has 0 radical (unpaired) electrons. The van der Waals surface area contributed by atoms with Crippen molar-refractivity contribution >= 4 is 0 Å². The third kappa shape index (κ3) is 7.02. The topological polar surface area (TPSA) is 0 Å². The van der Waals surface area contributed by atoms with Gasteiger partial charge in [-0.3, -0.25) is 0 Å². The molecule has 0 aliphatic rings. The summed E-state index contributed by atoms with van der Waals surface area (Å²) >= 11 is 0. The predicted molar refractivity (Wildman–Crippen MR) is 177 cm³/mol. The van der Waals surface area contributed by atoms with Gasteiger partial charge in [-0.25, -0.2) is 0 Å². The Hall–Kier alpha value is -1.56. The van der Waals surface area contributed by atoms with Crippen molar-refractivity contribution in [3.05, 3.63) is 68.8 Å². The van der Waals surface area contributed by atoms with Gasteiger partial charge in [-0.2, -0.15) is 0 Å². The lowest BCUT2D eigenvalue weighted by Gasteiger charge is -2.42. The van der Waals surface area contributed by atoms with Gasteiger partial charge in [0, 0.05) is 5.92 Å². The molecule has 220 valence electrons. The van der Waals surface area contributed by atoms with Gasteiger partial charge >= 0.3 is 0 Å². The van der Waals surface area contributed by atoms with Crippen molar-refractivity contribution in [1.29, 1.82) is 0 Å². The summed E-state index contributed by atoms with van der Waals surface area (Å²) in [6.45, 7) is 45.8. The Labute approximate surface area is 244 Å². The zero-order valence-corrected chi connectivity index (χ0v) is 29.6. The number of rotatable bonds is 3. The van der Waals surface area contributed by atoms with E-state index in [-0.39, 0.29) is 32.5 Å². The van der Waals surface area contributed by atoms with Crippen molar-refractivity contribution in [3.63, 3.8) is 0 Å². The molecule has 0 atom stereocenters. The van der Waals surface area contributed by atoms with Crippen LogP contribution in [-0.4, -0.2) is 0 Å². The Morgan fingerprint density at radius 1 is 0.385 bits per heavy atom. The Morgan fingerprint density at radius 2 is 0.615 bits per heavy atom. The second kappa shape index (κ2) is 10.4. The first-order valence-electron chi connectivity index (χ1n) is 15.5. The molecule has 0 aromatic heterocycles. The van der Waals surface area contributed by atoms with Crippen LogP contribution in [0.1, 0.15) is 188 Å². The van der Waals surface area contributed by atoms with Crippen molar-refractivity contribution in [2.24, 2.45) is 0 Å². The molecule has 0 aliphatic carbocycles.